The third-order valence-electron chi connectivity index (χ3n) is 5.93. The largest absolute Gasteiger partial charge is 0.507 e. The molecule has 0 fully saturated rings. The monoisotopic (exact) mass is 458 g/mol. The topological polar surface area (TPSA) is 104 Å². The zero-order valence-electron chi connectivity index (χ0n) is 18.6. The normalized spacial score (nSPS) is 16.1. The number of phenolic OH excluding ortho intramolecular Hbond substituents is 2. The minimum absolute atomic E-state index is 0.0596. The molecule has 0 saturated heterocycles. The number of benzene rings is 3. The number of hydrogen-bond donors (Lipinski definition) is 3. The quantitative estimate of drug-likeness (QED) is 0.293. The molecule has 0 bridgehead atoms. The molecule has 0 amide bonds. The summed E-state index contributed by atoms with van der Waals surface area (Å²) in [6.45, 7) is 0. The van der Waals surface area contributed by atoms with Crippen molar-refractivity contribution < 1.29 is 29.6 Å². The Morgan fingerprint density at radius 2 is 1.74 bits per heavy atom. The number of phenols is 2. The van der Waals surface area contributed by atoms with E-state index in [0.717, 1.165) is 11.1 Å². The summed E-state index contributed by atoms with van der Waals surface area (Å²) in [6.07, 6.45) is 4.30. The van der Waals surface area contributed by atoms with Crippen molar-refractivity contribution in [2.24, 2.45) is 0 Å². The van der Waals surface area contributed by atoms with Crippen LogP contribution >= 0.6 is 0 Å². The minimum atomic E-state index is -0.856. The molecule has 1 aliphatic rings. The lowest BCUT2D eigenvalue weighted by molar-refractivity contribution is -0.137. The molecule has 0 radical (unpaired) electrons. The van der Waals surface area contributed by atoms with Crippen LogP contribution in [0.5, 0.6) is 17.2 Å². The number of allylic oxidation sites excluding steroid dienone is 2. The fourth-order valence-corrected chi connectivity index (χ4v) is 4.27. The highest BCUT2D eigenvalue weighted by atomic mass is 16.5. The molecule has 34 heavy (non-hydrogen) atoms. The van der Waals surface area contributed by atoms with Crippen LogP contribution in [0.3, 0.4) is 0 Å². The molecular formula is C28H26O6. The van der Waals surface area contributed by atoms with Gasteiger partial charge in [0.15, 0.2) is 5.78 Å². The minimum Gasteiger partial charge on any atom is -0.507 e. The first-order valence-corrected chi connectivity index (χ1v) is 11.2. The van der Waals surface area contributed by atoms with Crippen molar-refractivity contribution in [1.29, 1.82) is 0 Å². The highest BCUT2D eigenvalue weighted by molar-refractivity contribution is 6.03. The van der Waals surface area contributed by atoms with Crippen LogP contribution in [-0.2, 0) is 4.79 Å². The van der Waals surface area contributed by atoms with E-state index in [-0.39, 0.29) is 47.0 Å². The summed E-state index contributed by atoms with van der Waals surface area (Å²) < 4.78 is 6.01. The fraction of sp³-hybridized carbons (Fsp3) is 0.214. The second kappa shape index (κ2) is 10.3. The second-order valence-electron chi connectivity index (χ2n) is 8.28. The standard InChI is InChI=1S/C28H26O6/c29-21-17-24-27(22(30)16-23(34-24)19-12-6-2-7-13-19)28(33)26(21)20(18-10-4-1-5-11-18)14-8-3-9-15-25(31)32/h1-2,4-8,10-14,17,20,23,29,33H,3,9,15-16H2,(H,31,32)/t20-,23+/m1/s1. The first-order valence-electron chi connectivity index (χ1n) is 11.2. The molecule has 3 N–H and O–H groups in total. The number of aromatic hydroxyl groups is 2. The van der Waals surface area contributed by atoms with E-state index >= 15 is 0 Å². The van der Waals surface area contributed by atoms with Gasteiger partial charge in [-0.15, -0.1) is 0 Å². The summed E-state index contributed by atoms with van der Waals surface area (Å²) in [5.74, 6) is -1.97. The molecule has 2 atom stereocenters. The summed E-state index contributed by atoms with van der Waals surface area (Å²) in [4.78, 5) is 23.9. The van der Waals surface area contributed by atoms with E-state index in [0.29, 0.717) is 12.8 Å². The molecule has 4 rings (SSSR count). The number of carbonyl (C=O) groups excluding carboxylic acids is 1. The number of carbonyl (C=O) groups is 2. The lowest BCUT2D eigenvalue weighted by atomic mass is 9.85. The predicted molar refractivity (Wildman–Crippen MR) is 127 cm³/mol. The highest BCUT2D eigenvalue weighted by Crippen LogP contribution is 2.48. The second-order valence-corrected chi connectivity index (χ2v) is 8.28. The fourth-order valence-electron chi connectivity index (χ4n) is 4.27. The summed E-state index contributed by atoms with van der Waals surface area (Å²) >= 11 is 0. The highest BCUT2D eigenvalue weighted by Gasteiger charge is 2.34. The van der Waals surface area contributed by atoms with Gasteiger partial charge in [0.05, 0.1) is 6.42 Å². The summed E-state index contributed by atoms with van der Waals surface area (Å²) in [7, 11) is 0. The van der Waals surface area contributed by atoms with Crippen molar-refractivity contribution in [3.05, 3.63) is 101 Å². The van der Waals surface area contributed by atoms with E-state index in [4.69, 9.17) is 9.84 Å². The lowest BCUT2D eigenvalue weighted by Crippen LogP contribution is -2.21. The van der Waals surface area contributed by atoms with Crippen LogP contribution in [0.1, 0.15) is 64.8 Å². The van der Waals surface area contributed by atoms with Gasteiger partial charge in [0, 0.05) is 24.0 Å². The molecule has 6 heteroatoms. The van der Waals surface area contributed by atoms with Crippen LogP contribution in [-0.4, -0.2) is 27.1 Å². The van der Waals surface area contributed by atoms with Crippen LogP contribution in [0.25, 0.3) is 0 Å². The Labute approximate surface area is 197 Å². The third-order valence-corrected chi connectivity index (χ3v) is 5.93. The molecule has 3 aromatic carbocycles. The molecule has 174 valence electrons. The van der Waals surface area contributed by atoms with E-state index in [1.165, 1.54) is 6.07 Å². The molecule has 0 aliphatic carbocycles. The third kappa shape index (κ3) is 4.96. The Bertz CT molecular complexity index is 1200. The van der Waals surface area contributed by atoms with Gasteiger partial charge in [-0.3, -0.25) is 9.59 Å². The number of ether oxygens (including phenoxy) is 1. The molecule has 0 saturated carbocycles. The van der Waals surface area contributed by atoms with Gasteiger partial charge in [-0.25, -0.2) is 0 Å². The number of hydrogen-bond acceptors (Lipinski definition) is 5. The average molecular weight is 459 g/mol. The van der Waals surface area contributed by atoms with Crippen LogP contribution in [0.15, 0.2) is 78.9 Å². The zero-order valence-corrected chi connectivity index (χ0v) is 18.6. The Balaban J connectivity index is 1.71. The van der Waals surface area contributed by atoms with Gasteiger partial charge >= 0.3 is 5.97 Å². The Hall–Kier alpha value is -4.06. The predicted octanol–water partition coefficient (Wildman–Crippen LogP) is 5.75. The number of rotatable bonds is 8. The van der Waals surface area contributed by atoms with Crippen molar-refractivity contribution in [3.8, 4) is 17.2 Å². The van der Waals surface area contributed by atoms with Crippen molar-refractivity contribution >= 4 is 11.8 Å². The van der Waals surface area contributed by atoms with E-state index < -0.39 is 18.0 Å². The number of ketones is 1. The van der Waals surface area contributed by atoms with Gasteiger partial charge in [-0.2, -0.15) is 0 Å². The molecule has 0 unspecified atom stereocenters. The van der Waals surface area contributed by atoms with E-state index in [2.05, 4.69) is 0 Å². The van der Waals surface area contributed by atoms with Crippen molar-refractivity contribution in [1.82, 2.24) is 0 Å². The molecule has 0 aromatic heterocycles. The Morgan fingerprint density at radius 3 is 2.41 bits per heavy atom. The average Bonchev–Trinajstić information content (AvgIpc) is 2.83. The lowest BCUT2D eigenvalue weighted by Gasteiger charge is -2.28. The number of unbranched alkanes of at least 4 members (excludes halogenated alkanes) is 1. The van der Waals surface area contributed by atoms with Crippen LogP contribution < -0.4 is 4.74 Å². The first-order chi connectivity index (χ1) is 16.5. The number of Topliss-reactive ketones (excluding diaryl/α,β-unsaturated/α-hetero) is 1. The van der Waals surface area contributed by atoms with Gasteiger partial charge in [0.2, 0.25) is 0 Å². The smallest absolute Gasteiger partial charge is 0.303 e. The molecule has 0 spiro atoms. The van der Waals surface area contributed by atoms with E-state index in [9.17, 15) is 19.8 Å². The summed E-state index contributed by atoms with van der Waals surface area (Å²) in [5, 5.41) is 31.0. The van der Waals surface area contributed by atoms with Crippen molar-refractivity contribution in [2.45, 2.75) is 37.7 Å². The number of aliphatic carboxylic acids is 1. The molecule has 3 aromatic rings. The van der Waals surface area contributed by atoms with Gasteiger partial charge in [0.25, 0.3) is 0 Å². The number of fused-ring (bicyclic) bond motifs is 1. The molecule has 1 heterocycles. The maximum atomic E-state index is 13.1. The van der Waals surface area contributed by atoms with E-state index in [1.807, 2.05) is 72.8 Å². The van der Waals surface area contributed by atoms with Crippen LogP contribution in [0.2, 0.25) is 0 Å². The van der Waals surface area contributed by atoms with E-state index in [1.54, 1.807) is 0 Å². The SMILES string of the molecule is O=C(O)CCCC=C[C@H](c1ccccc1)c1c(O)cc2c(c1O)C(=O)C[C@@H](c1ccccc1)O2. The zero-order chi connectivity index (χ0) is 24.1. The van der Waals surface area contributed by atoms with Gasteiger partial charge in [-0.1, -0.05) is 72.8 Å². The molecule has 1 aliphatic heterocycles. The van der Waals surface area contributed by atoms with Gasteiger partial charge < -0.3 is 20.1 Å². The van der Waals surface area contributed by atoms with Crippen LogP contribution in [0, 0.1) is 0 Å². The van der Waals surface area contributed by atoms with Crippen molar-refractivity contribution in [2.75, 3.05) is 0 Å². The van der Waals surface area contributed by atoms with Gasteiger partial charge in [-0.05, 0) is 24.0 Å². The summed E-state index contributed by atoms with van der Waals surface area (Å²) in [6, 6.07) is 20.1. The Kier molecular flexibility index (Phi) is 6.97. The molecular weight excluding hydrogens is 432 g/mol. The Morgan fingerprint density at radius 1 is 1.06 bits per heavy atom. The maximum absolute atomic E-state index is 13.1. The number of carboxylic acid groups (broad SMARTS) is 1. The maximum Gasteiger partial charge on any atom is 0.303 e. The van der Waals surface area contributed by atoms with Crippen LogP contribution in [0.4, 0.5) is 0 Å². The van der Waals surface area contributed by atoms with Gasteiger partial charge in [0.1, 0.15) is 28.9 Å². The number of carboxylic acids is 1. The molecule has 6 nitrogen and oxygen atoms in total. The van der Waals surface area contributed by atoms with Crippen molar-refractivity contribution in [3.63, 3.8) is 0 Å². The summed E-state index contributed by atoms with van der Waals surface area (Å²) in [5.41, 5.74) is 1.94. The first kappa shape index (κ1) is 23.1.